The minimum absolute atomic E-state index is 0.268. The Morgan fingerprint density at radius 2 is 1.69 bits per heavy atom. The largest absolute Gasteiger partial charge is 0.416 e. The second-order valence-electron chi connectivity index (χ2n) is 6.91. The number of rotatable bonds is 7. The van der Waals surface area contributed by atoms with Crippen molar-refractivity contribution in [1.82, 2.24) is 19.6 Å². The van der Waals surface area contributed by atoms with Gasteiger partial charge in [-0.25, -0.2) is 4.68 Å². The number of anilines is 1. The smallest absolute Gasteiger partial charge is 0.338 e. The summed E-state index contributed by atoms with van der Waals surface area (Å²) in [5.74, 6) is -1.47. The van der Waals surface area contributed by atoms with Crippen LogP contribution in [0.4, 0.5) is 18.9 Å². The van der Waals surface area contributed by atoms with E-state index in [1.165, 1.54) is 34.1 Å². The topological polar surface area (TPSA) is 70.5 Å². The van der Waals surface area contributed by atoms with Crippen LogP contribution in [0.2, 0.25) is 0 Å². The number of nitrogens with one attached hydrogen (secondary N) is 1. The molecule has 1 aromatic carbocycles. The van der Waals surface area contributed by atoms with Crippen molar-refractivity contribution < 1.29 is 22.8 Å². The van der Waals surface area contributed by atoms with Gasteiger partial charge < -0.3 is 15.1 Å². The van der Waals surface area contributed by atoms with E-state index in [-0.39, 0.29) is 5.69 Å². The second kappa shape index (κ2) is 9.55. The van der Waals surface area contributed by atoms with E-state index < -0.39 is 23.6 Å². The zero-order valence-corrected chi connectivity index (χ0v) is 16.5. The van der Waals surface area contributed by atoms with E-state index in [0.717, 1.165) is 31.5 Å². The fourth-order valence-corrected chi connectivity index (χ4v) is 2.57. The number of carbonyl (C=O) groups is 2. The van der Waals surface area contributed by atoms with E-state index >= 15 is 0 Å². The maximum absolute atomic E-state index is 12.6. The summed E-state index contributed by atoms with van der Waals surface area (Å²) >= 11 is 0. The number of amides is 2. The Labute approximate surface area is 167 Å². The van der Waals surface area contributed by atoms with Crippen LogP contribution in [-0.2, 0) is 15.8 Å². The summed E-state index contributed by atoms with van der Waals surface area (Å²) in [4.78, 5) is 27.7. The summed E-state index contributed by atoms with van der Waals surface area (Å²) < 4.78 is 39.2. The van der Waals surface area contributed by atoms with E-state index in [1.807, 2.05) is 19.0 Å². The zero-order valence-electron chi connectivity index (χ0n) is 16.5. The first-order valence-electron chi connectivity index (χ1n) is 9.01. The van der Waals surface area contributed by atoms with Gasteiger partial charge in [0.25, 0.3) is 0 Å². The fourth-order valence-electron chi connectivity index (χ4n) is 2.57. The number of hydrogen-bond acceptors (Lipinski definition) is 4. The lowest BCUT2D eigenvalue weighted by Crippen LogP contribution is -2.37. The van der Waals surface area contributed by atoms with Gasteiger partial charge >= 0.3 is 18.0 Å². The lowest BCUT2D eigenvalue weighted by molar-refractivity contribution is -0.142. The van der Waals surface area contributed by atoms with Gasteiger partial charge in [0.2, 0.25) is 0 Å². The van der Waals surface area contributed by atoms with Crippen LogP contribution in [0.25, 0.3) is 5.69 Å². The van der Waals surface area contributed by atoms with Gasteiger partial charge in [-0.15, -0.1) is 0 Å². The molecule has 29 heavy (non-hydrogen) atoms. The second-order valence-corrected chi connectivity index (χ2v) is 6.91. The third kappa shape index (κ3) is 6.60. The minimum Gasteiger partial charge on any atom is -0.338 e. The Kier molecular flexibility index (Phi) is 7.38. The van der Waals surface area contributed by atoms with Crippen molar-refractivity contribution in [2.75, 3.05) is 39.5 Å². The number of unbranched alkanes of at least 4 members (excludes halogenated alkanes) is 1. The Balaban J connectivity index is 1.92. The van der Waals surface area contributed by atoms with Crippen molar-refractivity contribution in [2.24, 2.45) is 0 Å². The summed E-state index contributed by atoms with van der Waals surface area (Å²) in [5.41, 5.74) is -0.103. The summed E-state index contributed by atoms with van der Waals surface area (Å²) in [7, 11) is 5.49. The molecule has 0 spiro atoms. The van der Waals surface area contributed by atoms with Crippen LogP contribution in [0.3, 0.4) is 0 Å². The van der Waals surface area contributed by atoms with Crippen molar-refractivity contribution in [3.63, 3.8) is 0 Å². The molecule has 0 fully saturated rings. The normalized spacial score (nSPS) is 11.6. The van der Waals surface area contributed by atoms with Gasteiger partial charge in [0.1, 0.15) is 0 Å². The van der Waals surface area contributed by atoms with E-state index in [4.69, 9.17) is 0 Å². The predicted octanol–water partition coefficient (Wildman–Crippen LogP) is 2.63. The van der Waals surface area contributed by atoms with Crippen molar-refractivity contribution >= 4 is 17.5 Å². The Bertz CT molecular complexity index is 831. The number of benzene rings is 1. The van der Waals surface area contributed by atoms with Crippen LogP contribution in [0.5, 0.6) is 0 Å². The van der Waals surface area contributed by atoms with Gasteiger partial charge in [-0.2, -0.15) is 18.3 Å². The highest BCUT2D eigenvalue weighted by molar-refractivity contribution is 6.39. The molecule has 10 heteroatoms. The fraction of sp³-hybridized carbons (Fsp3) is 0.421. The lowest BCUT2D eigenvalue weighted by atomic mass is 10.2. The van der Waals surface area contributed by atoms with E-state index in [9.17, 15) is 22.8 Å². The van der Waals surface area contributed by atoms with Crippen LogP contribution in [0.1, 0.15) is 18.4 Å². The lowest BCUT2D eigenvalue weighted by Gasteiger charge is -2.17. The van der Waals surface area contributed by atoms with Gasteiger partial charge in [-0.3, -0.25) is 9.59 Å². The Morgan fingerprint density at radius 3 is 2.28 bits per heavy atom. The van der Waals surface area contributed by atoms with Crippen LogP contribution in [0.15, 0.2) is 36.7 Å². The third-order valence-electron chi connectivity index (χ3n) is 4.19. The SMILES string of the molecule is CN(C)CCCCN(C)C(=O)C(=O)Nc1cnn(-c2ccc(C(F)(F)F)cc2)c1. The summed E-state index contributed by atoms with van der Waals surface area (Å²) in [6.45, 7) is 1.36. The molecule has 0 radical (unpaired) electrons. The predicted molar refractivity (Wildman–Crippen MR) is 103 cm³/mol. The molecule has 1 heterocycles. The number of likely N-dealkylation sites (N-methyl/N-ethyl adjacent to an activating group) is 1. The van der Waals surface area contributed by atoms with Gasteiger partial charge in [0.15, 0.2) is 0 Å². The molecule has 0 saturated carbocycles. The number of halogens is 3. The zero-order chi connectivity index (χ0) is 21.6. The average Bonchev–Trinajstić information content (AvgIpc) is 3.12. The third-order valence-corrected chi connectivity index (χ3v) is 4.19. The van der Waals surface area contributed by atoms with E-state index in [0.29, 0.717) is 12.2 Å². The number of nitrogens with zero attached hydrogens (tertiary/aromatic N) is 4. The van der Waals surface area contributed by atoms with Crippen LogP contribution in [-0.4, -0.2) is 65.6 Å². The summed E-state index contributed by atoms with van der Waals surface area (Å²) in [5, 5.41) is 6.46. The number of hydrogen-bond donors (Lipinski definition) is 1. The van der Waals surface area contributed by atoms with E-state index in [2.05, 4.69) is 10.4 Å². The molecule has 158 valence electrons. The molecule has 2 amide bonds. The van der Waals surface area contributed by atoms with Crippen LogP contribution < -0.4 is 5.32 Å². The maximum atomic E-state index is 12.6. The van der Waals surface area contributed by atoms with Crippen molar-refractivity contribution in [2.45, 2.75) is 19.0 Å². The highest BCUT2D eigenvalue weighted by Crippen LogP contribution is 2.29. The first-order valence-corrected chi connectivity index (χ1v) is 9.01. The molecule has 2 aromatic rings. The minimum atomic E-state index is -4.42. The molecule has 0 atom stereocenters. The Morgan fingerprint density at radius 1 is 1.07 bits per heavy atom. The number of carbonyl (C=O) groups excluding carboxylic acids is 2. The molecule has 0 aliphatic heterocycles. The van der Waals surface area contributed by atoms with Crippen LogP contribution >= 0.6 is 0 Å². The summed E-state index contributed by atoms with van der Waals surface area (Å²) in [6, 6.07) is 4.44. The highest BCUT2D eigenvalue weighted by atomic mass is 19.4. The molecular formula is C19H24F3N5O2. The van der Waals surface area contributed by atoms with E-state index in [1.54, 1.807) is 7.05 Å². The molecule has 7 nitrogen and oxygen atoms in total. The first kappa shape index (κ1) is 22.4. The molecule has 2 rings (SSSR count). The molecule has 0 bridgehead atoms. The highest BCUT2D eigenvalue weighted by Gasteiger charge is 2.30. The maximum Gasteiger partial charge on any atom is 0.416 e. The monoisotopic (exact) mass is 411 g/mol. The summed E-state index contributed by atoms with van der Waals surface area (Å²) in [6.07, 6.45) is 0.0110. The molecule has 0 aliphatic carbocycles. The molecule has 1 aromatic heterocycles. The van der Waals surface area contributed by atoms with Gasteiger partial charge in [-0.05, 0) is 57.7 Å². The van der Waals surface area contributed by atoms with Crippen molar-refractivity contribution in [3.05, 3.63) is 42.2 Å². The van der Waals surface area contributed by atoms with Crippen molar-refractivity contribution in [3.8, 4) is 5.69 Å². The molecule has 0 unspecified atom stereocenters. The number of aromatic nitrogens is 2. The first-order chi connectivity index (χ1) is 13.6. The quantitative estimate of drug-likeness (QED) is 0.562. The van der Waals surface area contributed by atoms with Crippen molar-refractivity contribution in [1.29, 1.82) is 0 Å². The van der Waals surface area contributed by atoms with Crippen LogP contribution in [0, 0.1) is 0 Å². The number of alkyl halides is 3. The molecule has 0 aliphatic rings. The standard InChI is InChI=1S/C19H24F3N5O2/c1-25(2)10-4-5-11-26(3)18(29)17(28)24-15-12-23-27(13-15)16-8-6-14(7-9-16)19(20,21)22/h6-9,12-13H,4-5,10-11H2,1-3H3,(H,24,28). The molecule has 0 saturated heterocycles. The van der Waals surface area contributed by atoms with Gasteiger partial charge in [-0.1, -0.05) is 0 Å². The molecule has 1 N–H and O–H groups in total. The van der Waals surface area contributed by atoms with Gasteiger partial charge in [0, 0.05) is 13.6 Å². The van der Waals surface area contributed by atoms with Gasteiger partial charge in [0.05, 0.1) is 29.3 Å². The average molecular weight is 411 g/mol. The Hall–Kier alpha value is -2.88. The molecular weight excluding hydrogens is 387 g/mol.